The number of aromatic nitrogens is 2. The van der Waals surface area contributed by atoms with Gasteiger partial charge in [0.15, 0.2) is 5.13 Å². The van der Waals surface area contributed by atoms with Gasteiger partial charge in [0.05, 0.1) is 11.3 Å². The van der Waals surface area contributed by atoms with Crippen LogP contribution >= 0.6 is 11.3 Å². The number of nitrogens with zero attached hydrogens (tertiary/aromatic N) is 2. The van der Waals surface area contributed by atoms with E-state index in [-0.39, 0.29) is 0 Å². The number of halogens is 3. The van der Waals surface area contributed by atoms with Crippen molar-refractivity contribution in [2.24, 2.45) is 0 Å². The molecule has 0 atom stereocenters. The Kier molecular flexibility index (Phi) is 3.91. The van der Waals surface area contributed by atoms with Crippen LogP contribution in [-0.4, -0.2) is 9.97 Å². The van der Waals surface area contributed by atoms with Gasteiger partial charge in [-0.3, -0.25) is 0 Å². The van der Waals surface area contributed by atoms with Crippen LogP contribution in [0.25, 0.3) is 11.4 Å². The number of hydrogen-bond acceptors (Lipinski definition) is 5. The van der Waals surface area contributed by atoms with E-state index in [9.17, 15) is 13.2 Å². The maximum Gasteiger partial charge on any atom is 0.416 e. The summed E-state index contributed by atoms with van der Waals surface area (Å²) in [6.07, 6.45) is -4.38. The normalized spacial score (nSPS) is 11.4. The second-order valence-corrected chi connectivity index (χ2v) is 5.55. The molecule has 23 heavy (non-hydrogen) atoms. The molecule has 1 aromatic carbocycles. The minimum Gasteiger partial charge on any atom is -0.384 e. The lowest BCUT2D eigenvalue weighted by molar-refractivity contribution is -0.137. The summed E-state index contributed by atoms with van der Waals surface area (Å²) in [5, 5.41) is 5.11. The number of hydrogen-bond donors (Lipinski definition) is 2. The van der Waals surface area contributed by atoms with E-state index in [1.807, 2.05) is 0 Å². The second kappa shape index (κ2) is 5.88. The average molecular weight is 336 g/mol. The number of nitrogens with one attached hydrogen (secondary N) is 1. The second-order valence-electron chi connectivity index (χ2n) is 4.69. The Morgan fingerprint density at radius 3 is 2.52 bits per heavy atom. The predicted octanol–water partition coefficient (Wildman–Crippen LogP) is 4.55. The molecule has 3 rings (SSSR count). The summed E-state index contributed by atoms with van der Waals surface area (Å²) in [5.41, 5.74) is 6.45. The first-order valence-electron chi connectivity index (χ1n) is 6.54. The minimum absolute atomic E-state index is 0.321. The number of alkyl halides is 3. The zero-order valence-electron chi connectivity index (χ0n) is 11.6. The van der Waals surface area contributed by atoms with E-state index in [1.165, 1.54) is 17.4 Å². The summed E-state index contributed by atoms with van der Waals surface area (Å²) in [7, 11) is 0. The van der Waals surface area contributed by atoms with Crippen LogP contribution in [0, 0.1) is 0 Å². The highest BCUT2D eigenvalue weighted by Gasteiger charge is 2.30. The minimum atomic E-state index is -4.38. The maximum absolute atomic E-state index is 12.7. The van der Waals surface area contributed by atoms with Gasteiger partial charge in [0, 0.05) is 11.1 Å². The summed E-state index contributed by atoms with van der Waals surface area (Å²) < 4.78 is 38.1. The average Bonchev–Trinajstić information content (AvgIpc) is 2.95. The van der Waals surface area contributed by atoms with Crippen LogP contribution in [0.5, 0.6) is 0 Å². The Morgan fingerprint density at radius 2 is 1.78 bits per heavy atom. The fraction of sp³-hybridized carbons (Fsp3) is 0.0667. The molecule has 3 N–H and O–H groups in total. The van der Waals surface area contributed by atoms with E-state index in [0.29, 0.717) is 28.0 Å². The molecule has 118 valence electrons. The molecule has 4 nitrogen and oxygen atoms in total. The lowest BCUT2D eigenvalue weighted by Crippen LogP contribution is -2.05. The van der Waals surface area contributed by atoms with Crippen molar-refractivity contribution in [3.05, 3.63) is 53.4 Å². The molecule has 0 saturated carbocycles. The van der Waals surface area contributed by atoms with Gasteiger partial charge in [0.25, 0.3) is 0 Å². The summed E-state index contributed by atoms with van der Waals surface area (Å²) in [6.45, 7) is 0. The summed E-state index contributed by atoms with van der Waals surface area (Å²) in [6, 6.07) is 10.1. The lowest BCUT2D eigenvalue weighted by Gasteiger charge is -2.08. The highest BCUT2D eigenvalue weighted by Crippen LogP contribution is 2.32. The third-order valence-corrected chi connectivity index (χ3v) is 3.74. The number of pyridine rings is 1. The van der Waals surface area contributed by atoms with Crippen LogP contribution in [-0.2, 0) is 6.18 Å². The Labute approximate surface area is 133 Å². The SMILES string of the molecule is Nc1cccc(-c2csc(Nc3cccc(C(F)(F)F)c3)n2)n1. The molecule has 0 unspecified atom stereocenters. The number of nitrogens with two attached hydrogens (primary N) is 1. The molecule has 3 aromatic rings. The molecular weight excluding hydrogens is 325 g/mol. The Bertz CT molecular complexity index is 829. The van der Waals surface area contributed by atoms with E-state index >= 15 is 0 Å². The standard InChI is InChI=1S/C15H11F3N4S/c16-15(17,18)9-3-1-4-10(7-9)20-14-22-12(8-23-14)11-5-2-6-13(19)21-11/h1-8H,(H2,19,21)(H,20,22). The van der Waals surface area contributed by atoms with Crippen LogP contribution in [0.15, 0.2) is 47.8 Å². The van der Waals surface area contributed by atoms with E-state index in [0.717, 1.165) is 12.1 Å². The first-order chi connectivity index (χ1) is 10.9. The molecule has 2 heterocycles. The van der Waals surface area contributed by atoms with Crippen LogP contribution in [0.4, 0.5) is 29.8 Å². The van der Waals surface area contributed by atoms with Crippen molar-refractivity contribution in [3.63, 3.8) is 0 Å². The molecular formula is C15H11F3N4S. The third kappa shape index (κ3) is 3.59. The topological polar surface area (TPSA) is 63.8 Å². The fourth-order valence-corrected chi connectivity index (χ4v) is 2.66. The van der Waals surface area contributed by atoms with Crippen molar-refractivity contribution >= 4 is 28.0 Å². The molecule has 0 fully saturated rings. The van der Waals surface area contributed by atoms with Crippen LogP contribution in [0.1, 0.15) is 5.56 Å². The van der Waals surface area contributed by atoms with Gasteiger partial charge in [0.1, 0.15) is 11.5 Å². The molecule has 0 spiro atoms. The van der Waals surface area contributed by atoms with Crippen molar-refractivity contribution in [1.29, 1.82) is 0 Å². The summed E-state index contributed by atoms with van der Waals surface area (Å²) >= 11 is 1.27. The van der Waals surface area contributed by atoms with Gasteiger partial charge < -0.3 is 11.1 Å². The highest BCUT2D eigenvalue weighted by molar-refractivity contribution is 7.14. The lowest BCUT2D eigenvalue weighted by atomic mass is 10.2. The first-order valence-corrected chi connectivity index (χ1v) is 7.42. The number of benzene rings is 1. The van der Waals surface area contributed by atoms with Crippen molar-refractivity contribution in [2.75, 3.05) is 11.1 Å². The predicted molar refractivity (Wildman–Crippen MR) is 84.5 cm³/mol. The molecule has 0 aliphatic heterocycles. The smallest absolute Gasteiger partial charge is 0.384 e. The van der Waals surface area contributed by atoms with Crippen molar-refractivity contribution in [3.8, 4) is 11.4 Å². The summed E-state index contributed by atoms with van der Waals surface area (Å²) in [4.78, 5) is 8.47. The van der Waals surface area contributed by atoms with Crippen LogP contribution in [0.2, 0.25) is 0 Å². The number of thiazole rings is 1. The molecule has 0 bridgehead atoms. The Morgan fingerprint density at radius 1 is 1.00 bits per heavy atom. The van der Waals surface area contributed by atoms with Gasteiger partial charge in [-0.1, -0.05) is 12.1 Å². The molecule has 0 amide bonds. The van der Waals surface area contributed by atoms with Gasteiger partial charge in [-0.2, -0.15) is 13.2 Å². The Hall–Kier alpha value is -2.61. The van der Waals surface area contributed by atoms with Crippen LogP contribution in [0.3, 0.4) is 0 Å². The van der Waals surface area contributed by atoms with Gasteiger partial charge in [-0.05, 0) is 30.3 Å². The highest BCUT2D eigenvalue weighted by atomic mass is 32.1. The molecule has 0 aliphatic rings. The van der Waals surface area contributed by atoms with Gasteiger partial charge >= 0.3 is 6.18 Å². The van der Waals surface area contributed by atoms with E-state index in [4.69, 9.17) is 5.73 Å². The quantitative estimate of drug-likeness (QED) is 0.736. The van der Waals surface area contributed by atoms with Crippen molar-refractivity contribution in [1.82, 2.24) is 9.97 Å². The molecule has 0 aliphatic carbocycles. The van der Waals surface area contributed by atoms with E-state index < -0.39 is 11.7 Å². The number of nitrogen functional groups attached to an aromatic ring is 1. The zero-order chi connectivity index (χ0) is 16.4. The third-order valence-electron chi connectivity index (χ3n) is 2.98. The molecule has 0 saturated heterocycles. The fourth-order valence-electron chi connectivity index (χ4n) is 1.94. The largest absolute Gasteiger partial charge is 0.416 e. The maximum atomic E-state index is 12.7. The van der Waals surface area contributed by atoms with Crippen LogP contribution < -0.4 is 11.1 Å². The summed E-state index contributed by atoms with van der Waals surface area (Å²) in [5.74, 6) is 0.378. The van der Waals surface area contributed by atoms with E-state index in [1.54, 1.807) is 29.6 Å². The van der Waals surface area contributed by atoms with Crippen molar-refractivity contribution in [2.45, 2.75) is 6.18 Å². The van der Waals surface area contributed by atoms with Crippen molar-refractivity contribution < 1.29 is 13.2 Å². The molecule has 8 heteroatoms. The number of rotatable bonds is 3. The Balaban J connectivity index is 1.82. The van der Waals surface area contributed by atoms with Gasteiger partial charge in [0.2, 0.25) is 0 Å². The van der Waals surface area contributed by atoms with Gasteiger partial charge in [-0.15, -0.1) is 11.3 Å². The van der Waals surface area contributed by atoms with Gasteiger partial charge in [-0.25, -0.2) is 9.97 Å². The monoisotopic (exact) mass is 336 g/mol. The van der Waals surface area contributed by atoms with E-state index in [2.05, 4.69) is 15.3 Å². The molecule has 2 aromatic heterocycles. The molecule has 0 radical (unpaired) electrons. The number of anilines is 3. The first kappa shape index (κ1) is 15.3. The zero-order valence-corrected chi connectivity index (χ0v) is 12.4.